The lowest BCUT2D eigenvalue weighted by molar-refractivity contribution is -0.271. The average Bonchev–Trinajstić information content (AvgIpc) is 2.27. The van der Waals surface area contributed by atoms with Gasteiger partial charge in [-0.25, -0.2) is 0 Å². The molecule has 0 saturated heterocycles. The highest BCUT2D eigenvalue weighted by Crippen LogP contribution is 2.41. The van der Waals surface area contributed by atoms with Crippen molar-refractivity contribution in [1.82, 2.24) is 0 Å². The van der Waals surface area contributed by atoms with Crippen LogP contribution in [0.3, 0.4) is 0 Å². The fraction of sp³-hybridized carbons (Fsp3) is 0.538. The first-order chi connectivity index (χ1) is 7.86. The average molecular weight is 253 g/mol. The number of hydrogen-bond donors (Lipinski definition) is 1. The number of ether oxygens (including phenoxy) is 2. The fourth-order valence-corrected chi connectivity index (χ4v) is 2.03. The van der Waals surface area contributed by atoms with E-state index in [9.17, 15) is 0 Å². The van der Waals surface area contributed by atoms with Gasteiger partial charge in [-0.15, -0.1) is 0 Å². The maximum Gasteiger partial charge on any atom is 0.212 e. The van der Waals surface area contributed by atoms with Crippen LogP contribution in [0, 0.1) is 5.41 Å². The van der Waals surface area contributed by atoms with Crippen molar-refractivity contribution in [1.29, 1.82) is 0 Å². The van der Waals surface area contributed by atoms with Crippen LogP contribution in [0.5, 0.6) is 0 Å². The molecule has 0 aromatic heterocycles. The Balaban J connectivity index is 2.26. The summed E-state index contributed by atoms with van der Waals surface area (Å²) < 4.78 is 11.8. The third kappa shape index (κ3) is 2.30. The highest BCUT2D eigenvalue weighted by atomic mass is 32.2. The van der Waals surface area contributed by atoms with Crippen LogP contribution >= 0.6 is 11.9 Å². The summed E-state index contributed by atoms with van der Waals surface area (Å²) in [5.74, 6) is -0.604. The Morgan fingerprint density at radius 1 is 1.41 bits per heavy atom. The van der Waals surface area contributed by atoms with E-state index < -0.39 is 5.79 Å². The van der Waals surface area contributed by atoms with Crippen LogP contribution in [0.4, 0.5) is 0 Å². The molecule has 1 aliphatic heterocycles. The van der Waals surface area contributed by atoms with E-state index in [0.29, 0.717) is 0 Å². The molecule has 2 unspecified atom stereocenters. The lowest BCUT2D eigenvalue weighted by Gasteiger charge is -2.45. The quantitative estimate of drug-likeness (QED) is 0.729. The van der Waals surface area contributed by atoms with Crippen molar-refractivity contribution in [3.05, 3.63) is 35.0 Å². The molecule has 2 aliphatic rings. The van der Waals surface area contributed by atoms with Gasteiger partial charge < -0.3 is 9.47 Å². The third-order valence-electron chi connectivity index (χ3n) is 3.34. The molecule has 1 heterocycles. The fourth-order valence-electron chi connectivity index (χ4n) is 1.67. The topological polar surface area (TPSA) is 44.5 Å². The number of fused-ring (bicyclic) bond motifs is 1. The molecule has 0 aromatic carbocycles. The van der Waals surface area contributed by atoms with Gasteiger partial charge in [0.25, 0.3) is 0 Å². The molecular formula is C13H19NO2S. The predicted octanol–water partition coefficient (Wildman–Crippen LogP) is 3.11. The van der Waals surface area contributed by atoms with Crippen LogP contribution in [0.15, 0.2) is 35.0 Å². The van der Waals surface area contributed by atoms with Crippen LogP contribution < -0.4 is 5.14 Å². The molecule has 4 heteroatoms. The molecule has 1 aliphatic carbocycles. The van der Waals surface area contributed by atoms with E-state index in [0.717, 1.165) is 10.5 Å². The van der Waals surface area contributed by atoms with Gasteiger partial charge in [0.2, 0.25) is 5.79 Å². The highest BCUT2D eigenvalue weighted by Gasteiger charge is 2.45. The Morgan fingerprint density at radius 3 is 2.71 bits per heavy atom. The number of rotatable bonds is 1. The summed E-state index contributed by atoms with van der Waals surface area (Å²) in [5.41, 5.74) is 0.928. The normalized spacial score (nSPS) is 32.4. The zero-order valence-electron chi connectivity index (χ0n) is 10.7. The molecule has 0 spiro atoms. The van der Waals surface area contributed by atoms with Gasteiger partial charge in [-0.2, -0.15) is 0 Å². The van der Waals surface area contributed by atoms with Gasteiger partial charge in [0.05, 0.1) is 6.26 Å². The Morgan fingerprint density at radius 2 is 2.12 bits per heavy atom. The summed E-state index contributed by atoms with van der Waals surface area (Å²) in [5, 5.41) is 5.54. The number of hydrogen-bond acceptors (Lipinski definition) is 4. The van der Waals surface area contributed by atoms with Crippen LogP contribution in [0.25, 0.3) is 0 Å². The summed E-state index contributed by atoms with van der Waals surface area (Å²) in [7, 11) is 0. The van der Waals surface area contributed by atoms with E-state index in [1.807, 2.05) is 25.2 Å². The first-order valence-electron chi connectivity index (χ1n) is 5.68. The molecule has 0 bridgehead atoms. The summed E-state index contributed by atoms with van der Waals surface area (Å²) in [6.07, 6.45) is 7.76. The molecule has 3 nitrogen and oxygen atoms in total. The largest absolute Gasteiger partial charge is 0.469 e. The Hall–Kier alpha value is -0.710. The lowest BCUT2D eigenvalue weighted by atomic mass is 9.85. The van der Waals surface area contributed by atoms with Crippen molar-refractivity contribution in [2.24, 2.45) is 10.6 Å². The van der Waals surface area contributed by atoms with E-state index in [2.05, 4.69) is 20.8 Å². The van der Waals surface area contributed by atoms with E-state index in [1.54, 1.807) is 6.26 Å². The van der Waals surface area contributed by atoms with Gasteiger partial charge in [0, 0.05) is 22.8 Å². The Kier molecular flexibility index (Phi) is 3.14. The molecule has 0 radical (unpaired) electrons. The molecule has 0 saturated carbocycles. The van der Waals surface area contributed by atoms with Gasteiger partial charge in [-0.1, -0.05) is 20.8 Å². The minimum Gasteiger partial charge on any atom is -0.469 e. The van der Waals surface area contributed by atoms with Gasteiger partial charge >= 0.3 is 0 Å². The summed E-state index contributed by atoms with van der Waals surface area (Å²) in [6.45, 7) is 8.30. The molecule has 0 aromatic rings. The Labute approximate surface area is 107 Å². The summed E-state index contributed by atoms with van der Waals surface area (Å²) >= 11 is 1.23. The zero-order chi connectivity index (χ0) is 12.7. The second kappa shape index (κ2) is 4.19. The van der Waals surface area contributed by atoms with Crippen molar-refractivity contribution < 1.29 is 9.47 Å². The van der Waals surface area contributed by atoms with Gasteiger partial charge in [0.1, 0.15) is 6.10 Å². The van der Waals surface area contributed by atoms with Crippen LogP contribution in [-0.4, -0.2) is 11.9 Å². The molecule has 0 amide bonds. The smallest absolute Gasteiger partial charge is 0.212 e. The first kappa shape index (κ1) is 12.7. The molecule has 0 fully saturated rings. The standard InChI is InChI=1S/C13H19NO2S/c1-12(2,3)13(4)15-8-9-7-10(17-14)5-6-11(9)16-13/h5-8,11H,14H2,1-4H3. The molecule has 2 rings (SSSR count). The Bertz CT molecular complexity index is 406. The van der Waals surface area contributed by atoms with Gasteiger partial charge in [-0.05, 0) is 30.2 Å². The van der Waals surface area contributed by atoms with Crippen LogP contribution in [0.2, 0.25) is 0 Å². The van der Waals surface area contributed by atoms with Gasteiger partial charge in [-0.3, -0.25) is 5.14 Å². The van der Waals surface area contributed by atoms with Crippen LogP contribution in [-0.2, 0) is 9.47 Å². The molecule has 2 N–H and O–H groups in total. The highest BCUT2D eigenvalue weighted by molar-refractivity contribution is 8.01. The monoisotopic (exact) mass is 253 g/mol. The predicted molar refractivity (Wildman–Crippen MR) is 70.9 cm³/mol. The third-order valence-corrected chi connectivity index (χ3v) is 3.87. The second-order valence-corrected chi connectivity index (χ2v) is 6.20. The first-order valence-corrected chi connectivity index (χ1v) is 6.56. The maximum absolute atomic E-state index is 6.06. The molecule has 94 valence electrons. The van der Waals surface area contributed by atoms with Crippen molar-refractivity contribution in [3.8, 4) is 0 Å². The van der Waals surface area contributed by atoms with Crippen molar-refractivity contribution in [2.45, 2.75) is 39.6 Å². The zero-order valence-corrected chi connectivity index (χ0v) is 11.5. The second-order valence-electron chi connectivity index (χ2n) is 5.49. The molecular weight excluding hydrogens is 234 g/mol. The van der Waals surface area contributed by atoms with Crippen LogP contribution in [0.1, 0.15) is 27.7 Å². The van der Waals surface area contributed by atoms with E-state index in [1.165, 1.54) is 11.9 Å². The van der Waals surface area contributed by atoms with Crippen molar-refractivity contribution in [2.75, 3.05) is 0 Å². The SMILES string of the molecule is CC(C)(C)C1(C)OC=C2C=C(SN)C=CC2O1. The van der Waals surface area contributed by atoms with Crippen molar-refractivity contribution >= 4 is 11.9 Å². The number of nitrogens with two attached hydrogens (primary N) is 1. The summed E-state index contributed by atoms with van der Waals surface area (Å²) in [4.78, 5) is 1.01. The summed E-state index contributed by atoms with van der Waals surface area (Å²) in [6, 6.07) is 0. The molecule has 2 atom stereocenters. The number of allylic oxidation sites excluding steroid dienone is 1. The van der Waals surface area contributed by atoms with Gasteiger partial charge in [0.15, 0.2) is 0 Å². The van der Waals surface area contributed by atoms with E-state index in [-0.39, 0.29) is 11.5 Å². The lowest BCUT2D eigenvalue weighted by Crippen LogP contribution is -2.49. The minimum absolute atomic E-state index is 0.0381. The van der Waals surface area contributed by atoms with E-state index >= 15 is 0 Å². The molecule has 17 heavy (non-hydrogen) atoms. The van der Waals surface area contributed by atoms with Crippen molar-refractivity contribution in [3.63, 3.8) is 0 Å². The minimum atomic E-state index is -0.604. The van der Waals surface area contributed by atoms with E-state index in [4.69, 9.17) is 14.6 Å². The maximum atomic E-state index is 6.06.